The molecule has 0 fully saturated rings. The van der Waals surface area contributed by atoms with Crippen LogP contribution < -0.4 is 0 Å². The number of aromatic nitrogens is 2. The number of aliphatic hydroxyl groups is 1. The van der Waals surface area contributed by atoms with Crippen LogP contribution in [-0.4, -0.2) is 15.1 Å². The molecule has 3 nitrogen and oxygen atoms in total. The van der Waals surface area contributed by atoms with Crippen LogP contribution in [0.15, 0.2) is 48.9 Å². The molecule has 17 heavy (non-hydrogen) atoms. The smallest absolute Gasteiger partial charge is 0.133 e. The van der Waals surface area contributed by atoms with Crippen LogP contribution in [0.2, 0.25) is 0 Å². The first-order chi connectivity index (χ1) is 8.27. The van der Waals surface area contributed by atoms with Crippen LogP contribution in [-0.2, 0) is 5.60 Å². The quantitative estimate of drug-likeness (QED) is 0.874. The average Bonchev–Trinajstić information content (AvgIpc) is 2.41. The predicted octanol–water partition coefficient (Wildman–Crippen LogP) is 2.51. The molecular formula is C14H16N2O. The largest absolute Gasteiger partial charge is 0.379 e. The van der Waals surface area contributed by atoms with Gasteiger partial charge in [0, 0.05) is 12.4 Å². The molecule has 1 heterocycles. The van der Waals surface area contributed by atoms with Gasteiger partial charge >= 0.3 is 0 Å². The van der Waals surface area contributed by atoms with Crippen molar-refractivity contribution in [2.45, 2.75) is 25.4 Å². The highest BCUT2D eigenvalue weighted by Crippen LogP contribution is 2.32. The van der Waals surface area contributed by atoms with E-state index in [-0.39, 0.29) is 0 Å². The highest BCUT2D eigenvalue weighted by Gasteiger charge is 2.31. The van der Waals surface area contributed by atoms with E-state index in [2.05, 4.69) is 9.97 Å². The second-order valence-electron chi connectivity index (χ2n) is 4.07. The Kier molecular flexibility index (Phi) is 3.49. The normalized spacial score (nSPS) is 14.2. The molecule has 1 unspecified atom stereocenters. The SMILES string of the molecule is CCCC(O)(c1ccccc1)c1cnccn1. The fourth-order valence-corrected chi connectivity index (χ4v) is 2.01. The molecule has 3 heteroatoms. The van der Waals surface area contributed by atoms with Crippen LogP contribution in [0, 0.1) is 0 Å². The van der Waals surface area contributed by atoms with Crippen LogP contribution in [0.1, 0.15) is 31.0 Å². The minimum atomic E-state index is -1.04. The third-order valence-corrected chi connectivity index (χ3v) is 2.85. The van der Waals surface area contributed by atoms with Crippen LogP contribution in [0.4, 0.5) is 0 Å². The molecule has 1 aromatic carbocycles. The van der Waals surface area contributed by atoms with Gasteiger partial charge in [-0.3, -0.25) is 9.97 Å². The summed E-state index contributed by atoms with van der Waals surface area (Å²) in [5.41, 5.74) is 0.431. The zero-order valence-electron chi connectivity index (χ0n) is 9.87. The van der Waals surface area contributed by atoms with Crippen LogP contribution in [0.5, 0.6) is 0 Å². The van der Waals surface area contributed by atoms with Crippen molar-refractivity contribution in [1.29, 1.82) is 0 Å². The lowest BCUT2D eigenvalue weighted by Gasteiger charge is -2.27. The molecule has 1 atom stereocenters. The van der Waals surface area contributed by atoms with Gasteiger partial charge in [-0.1, -0.05) is 43.7 Å². The Bertz CT molecular complexity index is 417. The number of benzene rings is 1. The molecule has 0 saturated heterocycles. The predicted molar refractivity (Wildman–Crippen MR) is 66.4 cm³/mol. The maximum absolute atomic E-state index is 10.9. The molecule has 0 bridgehead atoms. The van der Waals surface area contributed by atoms with Crippen molar-refractivity contribution in [2.75, 3.05) is 0 Å². The summed E-state index contributed by atoms with van der Waals surface area (Å²) in [6.45, 7) is 2.05. The Morgan fingerprint density at radius 3 is 2.53 bits per heavy atom. The van der Waals surface area contributed by atoms with Crippen molar-refractivity contribution in [2.24, 2.45) is 0 Å². The topological polar surface area (TPSA) is 46.0 Å². The van der Waals surface area contributed by atoms with E-state index in [0.29, 0.717) is 12.1 Å². The fraction of sp³-hybridized carbons (Fsp3) is 0.286. The van der Waals surface area contributed by atoms with Crippen LogP contribution >= 0.6 is 0 Å². The Morgan fingerprint density at radius 1 is 1.18 bits per heavy atom. The summed E-state index contributed by atoms with van der Waals surface area (Å²) in [5.74, 6) is 0. The van der Waals surface area contributed by atoms with Crippen LogP contribution in [0.25, 0.3) is 0 Å². The van der Waals surface area contributed by atoms with Crippen molar-refractivity contribution >= 4 is 0 Å². The number of nitrogens with zero attached hydrogens (tertiary/aromatic N) is 2. The summed E-state index contributed by atoms with van der Waals surface area (Å²) in [6.07, 6.45) is 6.36. The van der Waals surface area contributed by atoms with Crippen molar-refractivity contribution in [3.63, 3.8) is 0 Å². The number of hydrogen-bond acceptors (Lipinski definition) is 3. The lowest BCUT2D eigenvalue weighted by Crippen LogP contribution is -2.28. The van der Waals surface area contributed by atoms with Gasteiger partial charge in [-0.05, 0) is 12.0 Å². The van der Waals surface area contributed by atoms with E-state index < -0.39 is 5.60 Å². The monoisotopic (exact) mass is 228 g/mol. The minimum Gasteiger partial charge on any atom is -0.379 e. The summed E-state index contributed by atoms with van der Waals surface area (Å²) >= 11 is 0. The van der Waals surface area contributed by atoms with Crippen molar-refractivity contribution in [3.8, 4) is 0 Å². The Labute approximate surface area is 101 Å². The fourth-order valence-electron chi connectivity index (χ4n) is 2.01. The summed E-state index contributed by atoms with van der Waals surface area (Å²) < 4.78 is 0. The van der Waals surface area contributed by atoms with E-state index in [1.807, 2.05) is 37.3 Å². The molecule has 1 N–H and O–H groups in total. The molecule has 0 radical (unpaired) electrons. The first-order valence-electron chi connectivity index (χ1n) is 5.82. The highest BCUT2D eigenvalue weighted by molar-refractivity contribution is 5.30. The van der Waals surface area contributed by atoms with Crippen LogP contribution in [0.3, 0.4) is 0 Å². The first-order valence-corrected chi connectivity index (χ1v) is 5.82. The molecule has 88 valence electrons. The number of hydrogen-bond donors (Lipinski definition) is 1. The van der Waals surface area contributed by atoms with Gasteiger partial charge in [-0.15, -0.1) is 0 Å². The zero-order chi connectivity index (χ0) is 12.1. The van der Waals surface area contributed by atoms with E-state index >= 15 is 0 Å². The lowest BCUT2D eigenvalue weighted by molar-refractivity contribution is 0.0652. The first kappa shape index (κ1) is 11.7. The van der Waals surface area contributed by atoms with Gasteiger partial charge in [0.25, 0.3) is 0 Å². The van der Waals surface area contributed by atoms with Gasteiger partial charge in [0.1, 0.15) is 5.60 Å². The molecule has 2 aromatic rings. The Hall–Kier alpha value is -1.74. The third kappa shape index (κ3) is 2.34. The minimum absolute atomic E-state index is 0.605. The summed E-state index contributed by atoms with van der Waals surface area (Å²) in [6, 6.07) is 9.62. The molecule has 0 saturated carbocycles. The van der Waals surface area contributed by atoms with Gasteiger partial charge in [-0.25, -0.2) is 0 Å². The summed E-state index contributed by atoms with van der Waals surface area (Å²) in [4.78, 5) is 8.27. The van der Waals surface area contributed by atoms with Gasteiger partial charge in [-0.2, -0.15) is 0 Å². The van der Waals surface area contributed by atoms with E-state index in [4.69, 9.17) is 0 Å². The van der Waals surface area contributed by atoms with E-state index in [1.54, 1.807) is 18.6 Å². The van der Waals surface area contributed by atoms with Crippen molar-refractivity contribution in [1.82, 2.24) is 9.97 Å². The molecule has 0 amide bonds. The molecule has 0 aliphatic carbocycles. The maximum atomic E-state index is 10.9. The molecule has 0 spiro atoms. The zero-order valence-corrected chi connectivity index (χ0v) is 9.87. The van der Waals surface area contributed by atoms with Gasteiger partial charge in [0.15, 0.2) is 0 Å². The Balaban J connectivity index is 2.47. The second-order valence-corrected chi connectivity index (χ2v) is 4.07. The second kappa shape index (κ2) is 5.06. The van der Waals surface area contributed by atoms with E-state index in [9.17, 15) is 5.11 Å². The molecule has 1 aromatic heterocycles. The molecular weight excluding hydrogens is 212 g/mol. The number of rotatable bonds is 4. The van der Waals surface area contributed by atoms with Gasteiger partial charge in [0.2, 0.25) is 0 Å². The standard InChI is InChI=1S/C14H16N2O/c1-2-8-14(17,12-6-4-3-5-7-12)13-11-15-9-10-16-13/h3-7,9-11,17H,2,8H2,1H3. The molecule has 0 aliphatic rings. The van der Waals surface area contributed by atoms with Gasteiger partial charge < -0.3 is 5.11 Å². The van der Waals surface area contributed by atoms with E-state index in [1.165, 1.54) is 0 Å². The molecule has 2 rings (SSSR count). The highest BCUT2D eigenvalue weighted by atomic mass is 16.3. The van der Waals surface area contributed by atoms with E-state index in [0.717, 1.165) is 12.0 Å². The van der Waals surface area contributed by atoms with Gasteiger partial charge in [0.05, 0.1) is 11.9 Å². The average molecular weight is 228 g/mol. The lowest BCUT2D eigenvalue weighted by atomic mass is 9.86. The molecule has 0 aliphatic heterocycles. The third-order valence-electron chi connectivity index (χ3n) is 2.85. The summed E-state index contributed by atoms with van der Waals surface area (Å²) in [7, 11) is 0. The van der Waals surface area contributed by atoms with Crippen molar-refractivity contribution in [3.05, 3.63) is 60.2 Å². The van der Waals surface area contributed by atoms with Crippen molar-refractivity contribution < 1.29 is 5.11 Å². The maximum Gasteiger partial charge on any atom is 0.133 e. The summed E-state index contributed by atoms with van der Waals surface area (Å²) in [5, 5.41) is 10.9. The Morgan fingerprint density at radius 2 is 1.94 bits per heavy atom.